The number of rotatable bonds is 10. The smallest absolute Gasteiger partial charge is 0.328 e. The Morgan fingerprint density at radius 3 is 1.09 bits per heavy atom. The van der Waals surface area contributed by atoms with Crippen LogP contribution in [-0.2, 0) is 18.1 Å². The first-order valence-electron chi connectivity index (χ1n) is 7.70. The molecular weight excluding hydrogens is 338 g/mol. The lowest BCUT2D eigenvalue weighted by Gasteiger charge is -2.27. The Hall–Kier alpha value is 0.620. The summed E-state index contributed by atoms with van der Waals surface area (Å²) >= 11 is 0. The molecule has 0 amide bonds. The van der Waals surface area contributed by atoms with Crippen molar-refractivity contribution in [2.45, 2.75) is 55.4 Å². The molecule has 0 rings (SSSR count). The van der Waals surface area contributed by atoms with Crippen LogP contribution in [0, 0.1) is 16.2 Å². The summed E-state index contributed by atoms with van der Waals surface area (Å²) in [5.74, 6) is 0. The molecule has 0 bridgehead atoms. The zero-order valence-electron chi connectivity index (χ0n) is 15.8. The fourth-order valence-electron chi connectivity index (χ4n) is 1.07. The molecule has 0 saturated heterocycles. The van der Waals surface area contributed by atoms with E-state index in [0.717, 1.165) is 0 Å². The Kier molecular flexibility index (Phi) is 10.2. The first kappa shape index (κ1) is 23.6. The Labute approximate surface area is 143 Å². The van der Waals surface area contributed by atoms with Gasteiger partial charge in [-0.2, -0.15) is 0 Å². The molecule has 0 saturated carbocycles. The predicted octanol–water partition coefficient (Wildman–Crippen LogP) is 4.61. The van der Waals surface area contributed by atoms with Crippen LogP contribution in [0.5, 0.6) is 0 Å². The molecule has 0 aliphatic rings. The van der Waals surface area contributed by atoms with Crippen LogP contribution in [0.3, 0.4) is 0 Å². The molecule has 0 heterocycles. The van der Waals surface area contributed by atoms with Gasteiger partial charge in [0.05, 0.1) is 26.4 Å². The van der Waals surface area contributed by atoms with E-state index >= 15 is 0 Å². The van der Waals surface area contributed by atoms with Crippen molar-refractivity contribution < 1.29 is 27.9 Å². The lowest BCUT2D eigenvalue weighted by molar-refractivity contribution is 0.0692. The van der Waals surface area contributed by atoms with E-state index in [1.54, 1.807) is 0 Å². The Bertz CT molecular complexity index is 295. The summed E-state index contributed by atoms with van der Waals surface area (Å²) in [7, 11) is -3.80. The van der Waals surface area contributed by atoms with E-state index in [-0.39, 0.29) is 29.5 Å². The van der Waals surface area contributed by atoms with Crippen LogP contribution in [0.2, 0.25) is 0 Å². The van der Waals surface area contributed by atoms with Crippen molar-refractivity contribution in [3.63, 3.8) is 0 Å². The first-order valence-corrected chi connectivity index (χ1v) is 9.96. The molecule has 8 heteroatoms. The van der Waals surface area contributed by atoms with Gasteiger partial charge < -0.3 is 27.9 Å². The second kappa shape index (κ2) is 9.94. The number of hydrogen-bond acceptors (Lipinski definition) is 6. The third kappa shape index (κ3) is 15.9. The molecule has 2 unspecified atom stereocenters. The molecule has 0 aliphatic heterocycles. The second-order valence-corrected chi connectivity index (χ2v) is 10.8. The first-order chi connectivity index (χ1) is 10.2. The summed E-state index contributed by atoms with van der Waals surface area (Å²) in [5, 5.41) is 0. The van der Waals surface area contributed by atoms with Gasteiger partial charge in [-0.25, -0.2) is 0 Å². The van der Waals surface area contributed by atoms with E-state index in [1.165, 1.54) is 0 Å². The second-order valence-electron chi connectivity index (χ2n) is 8.85. The minimum absolute atomic E-state index is 0.0254. The largest absolute Gasteiger partial charge is 0.329 e. The van der Waals surface area contributed by atoms with Gasteiger partial charge in [-0.1, -0.05) is 55.4 Å². The van der Waals surface area contributed by atoms with E-state index < -0.39 is 17.2 Å². The Morgan fingerprint density at radius 2 is 0.826 bits per heavy atom. The van der Waals surface area contributed by atoms with Crippen LogP contribution in [0.15, 0.2) is 0 Å². The summed E-state index contributed by atoms with van der Waals surface area (Å²) in [6.07, 6.45) is 0. The van der Waals surface area contributed by atoms with Crippen molar-refractivity contribution in [1.82, 2.24) is 0 Å². The van der Waals surface area contributed by atoms with Crippen molar-refractivity contribution in [2.24, 2.45) is 16.2 Å². The van der Waals surface area contributed by atoms with E-state index in [0.29, 0.717) is 13.2 Å². The molecule has 140 valence electrons. The quantitative estimate of drug-likeness (QED) is 0.545. The maximum Gasteiger partial charge on any atom is 0.329 e. The predicted molar refractivity (Wildman–Crippen MR) is 94.8 cm³/mol. The maximum atomic E-state index is 9.74. The summed E-state index contributed by atoms with van der Waals surface area (Å²) in [5.41, 5.74) is -0.423. The summed E-state index contributed by atoms with van der Waals surface area (Å²) in [6, 6.07) is 0. The molecule has 6 nitrogen and oxygen atoms in total. The molecule has 0 radical (unpaired) electrons. The van der Waals surface area contributed by atoms with Gasteiger partial charge in [0, 0.05) is 5.41 Å². The SMILES string of the molecule is CC(C)(C)COP(O)OCC(C)(C)COP(O)OCC(C)(C)C. The average Bonchev–Trinajstić information content (AvgIpc) is 2.37. The fraction of sp³-hybridized carbons (Fsp3) is 1.00. The molecule has 0 spiro atoms. The lowest BCUT2D eigenvalue weighted by Crippen LogP contribution is -2.24. The lowest BCUT2D eigenvalue weighted by atomic mass is 9.97. The van der Waals surface area contributed by atoms with Crippen LogP contribution >= 0.6 is 17.2 Å². The molecule has 2 N–H and O–H groups in total. The summed E-state index contributed by atoms with van der Waals surface area (Å²) in [6.45, 7) is 17.4. The monoisotopic (exact) mass is 372 g/mol. The molecule has 0 aliphatic carbocycles. The van der Waals surface area contributed by atoms with Crippen LogP contribution in [0.25, 0.3) is 0 Å². The minimum Gasteiger partial charge on any atom is -0.328 e. The third-order valence-corrected chi connectivity index (χ3v) is 3.75. The Balaban J connectivity index is 3.99. The van der Waals surface area contributed by atoms with Crippen LogP contribution in [0.4, 0.5) is 0 Å². The molecular formula is C15H34O6P2. The fourth-order valence-corrected chi connectivity index (χ4v) is 3.14. The van der Waals surface area contributed by atoms with E-state index in [9.17, 15) is 9.79 Å². The van der Waals surface area contributed by atoms with Gasteiger partial charge in [0.15, 0.2) is 0 Å². The highest BCUT2D eigenvalue weighted by Gasteiger charge is 2.25. The molecule has 0 aromatic carbocycles. The van der Waals surface area contributed by atoms with Crippen molar-refractivity contribution in [1.29, 1.82) is 0 Å². The van der Waals surface area contributed by atoms with Crippen LogP contribution in [-0.4, -0.2) is 36.2 Å². The molecule has 2 atom stereocenters. The van der Waals surface area contributed by atoms with Gasteiger partial charge in [0.1, 0.15) is 0 Å². The number of hydrogen-bond donors (Lipinski definition) is 2. The molecule has 23 heavy (non-hydrogen) atoms. The third-order valence-electron chi connectivity index (χ3n) is 2.35. The Morgan fingerprint density at radius 1 is 0.565 bits per heavy atom. The van der Waals surface area contributed by atoms with Gasteiger partial charge in [-0.05, 0) is 10.8 Å². The van der Waals surface area contributed by atoms with Crippen molar-refractivity contribution in [2.75, 3.05) is 26.4 Å². The van der Waals surface area contributed by atoms with Gasteiger partial charge in [-0.3, -0.25) is 0 Å². The topological polar surface area (TPSA) is 77.4 Å². The average molecular weight is 372 g/mol. The minimum atomic E-state index is -1.90. The van der Waals surface area contributed by atoms with Crippen LogP contribution in [0.1, 0.15) is 55.4 Å². The van der Waals surface area contributed by atoms with Gasteiger partial charge in [0.25, 0.3) is 0 Å². The highest BCUT2D eigenvalue weighted by Crippen LogP contribution is 2.40. The van der Waals surface area contributed by atoms with E-state index in [4.69, 9.17) is 18.1 Å². The zero-order valence-corrected chi connectivity index (χ0v) is 17.5. The van der Waals surface area contributed by atoms with Gasteiger partial charge in [0.2, 0.25) is 0 Å². The van der Waals surface area contributed by atoms with Crippen molar-refractivity contribution >= 4 is 17.2 Å². The van der Waals surface area contributed by atoms with Crippen LogP contribution < -0.4 is 0 Å². The zero-order chi connectivity index (χ0) is 18.3. The molecule has 0 fully saturated rings. The normalized spacial score (nSPS) is 16.4. The standard InChI is InChI=1S/C15H34O6P2/c1-13(2,3)9-18-22(16)20-11-15(7,8)12-21-23(17)19-10-14(4,5)6/h16-17H,9-12H2,1-8H3. The molecule has 0 aromatic rings. The van der Waals surface area contributed by atoms with E-state index in [2.05, 4.69) is 0 Å². The van der Waals surface area contributed by atoms with Crippen molar-refractivity contribution in [3.8, 4) is 0 Å². The highest BCUT2D eigenvalue weighted by molar-refractivity contribution is 7.40. The van der Waals surface area contributed by atoms with E-state index in [1.807, 2.05) is 55.4 Å². The summed E-state index contributed by atoms with van der Waals surface area (Å²) < 4.78 is 21.3. The van der Waals surface area contributed by atoms with Gasteiger partial charge in [-0.15, -0.1) is 0 Å². The summed E-state index contributed by atoms with van der Waals surface area (Å²) in [4.78, 5) is 19.5. The van der Waals surface area contributed by atoms with Crippen molar-refractivity contribution in [3.05, 3.63) is 0 Å². The van der Waals surface area contributed by atoms with Gasteiger partial charge >= 0.3 is 17.2 Å². The maximum absolute atomic E-state index is 9.74. The highest BCUT2D eigenvalue weighted by atomic mass is 31.2. The molecule has 0 aromatic heterocycles.